The molecule has 2 rings (SSSR count). The minimum absolute atomic E-state index is 0.0285. The summed E-state index contributed by atoms with van der Waals surface area (Å²) >= 11 is 0. The molecule has 0 radical (unpaired) electrons. The van der Waals surface area contributed by atoms with Gasteiger partial charge in [-0.1, -0.05) is 0 Å². The van der Waals surface area contributed by atoms with Gasteiger partial charge in [-0.3, -0.25) is 4.79 Å². The van der Waals surface area contributed by atoms with E-state index in [9.17, 15) is 9.59 Å². The van der Waals surface area contributed by atoms with Crippen LogP contribution in [0.25, 0.3) is 0 Å². The Kier molecular flexibility index (Phi) is 3.83. The predicted molar refractivity (Wildman–Crippen MR) is 59.7 cm³/mol. The van der Waals surface area contributed by atoms with Gasteiger partial charge in [-0.05, 0) is 19.3 Å². The summed E-state index contributed by atoms with van der Waals surface area (Å²) in [5, 5.41) is 11.2. The number of nitrogens with one attached hydrogen (secondary N) is 1. The van der Waals surface area contributed by atoms with Gasteiger partial charge in [0.25, 0.3) is 0 Å². The highest BCUT2D eigenvalue weighted by atomic mass is 16.5. The molecule has 0 aromatic rings. The van der Waals surface area contributed by atoms with Crippen molar-refractivity contribution in [1.82, 2.24) is 10.2 Å². The minimum Gasteiger partial charge on any atom is -0.465 e. The van der Waals surface area contributed by atoms with Crippen molar-refractivity contribution in [1.29, 1.82) is 0 Å². The number of likely N-dealkylation sites (tertiary alicyclic amines) is 1. The first-order valence-electron chi connectivity index (χ1n) is 6.04. The molecule has 17 heavy (non-hydrogen) atoms. The molecule has 2 fully saturated rings. The van der Waals surface area contributed by atoms with Crippen molar-refractivity contribution < 1.29 is 19.4 Å². The van der Waals surface area contributed by atoms with Gasteiger partial charge in [-0.15, -0.1) is 0 Å². The number of carbonyl (C=O) groups excluding carboxylic acids is 1. The third kappa shape index (κ3) is 2.88. The molecule has 0 spiro atoms. The number of carboxylic acid groups (broad SMARTS) is 1. The van der Waals surface area contributed by atoms with E-state index in [-0.39, 0.29) is 11.8 Å². The molecule has 2 N–H and O–H groups in total. The van der Waals surface area contributed by atoms with Crippen LogP contribution in [0.15, 0.2) is 0 Å². The molecule has 6 nitrogen and oxygen atoms in total. The van der Waals surface area contributed by atoms with Gasteiger partial charge in [-0.2, -0.15) is 0 Å². The molecule has 0 aliphatic carbocycles. The molecule has 96 valence electrons. The molecule has 2 saturated heterocycles. The fourth-order valence-electron chi connectivity index (χ4n) is 2.46. The number of amides is 2. The highest BCUT2D eigenvalue weighted by Gasteiger charge is 2.35. The lowest BCUT2D eigenvalue weighted by atomic mass is 9.98. The van der Waals surface area contributed by atoms with Gasteiger partial charge >= 0.3 is 6.09 Å². The van der Waals surface area contributed by atoms with Gasteiger partial charge < -0.3 is 20.1 Å². The maximum atomic E-state index is 12.2. The van der Waals surface area contributed by atoms with Crippen molar-refractivity contribution in [2.75, 3.05) is 26.3 Å². The molecular weight excluding hydrogens is 224 g/mol. The Morgan fingerprint density at radius 3 is 2.59 bits per heavy atom. The van der Waals surface area contributed by atoms with Crippen LogP contribution in [-0.4, -0.2) is 54.4 Å². The average Bonchev–Trinajstić information content (AvgIpc) is 2.96. The van der Waals surface area contributed by atoms with Crippen molar-refractivity contribution in [3.05, 3.63) is 0 Å². The molecule has 2 heterocycles. The molecule has 6 heteroatoms. The van der Waals surface area contributed by atoms with E-state index in [4.69, 9.17) is 9.84 Å². The fraction of sp³-hybridized carbons (Fsp3) is 0.818. The Morgan fingerprint density at radius 1 is 1.35 bits per heavy atom. The number of carbonyl (C=O) groups is 2. The van der Waals surface area contributed by atoms with Crippen LogP contribution in [0, 0.1) is 5.92 Å². The van der Waals surface area contributed by atoms with Crippen LogP contribution >= 0.6 is 0 Å². The molecule has 2 atom stereocenters. The SMILES string of the molecule is O=C(O)N[C@H](C(=O)N1CCCC1)C1CCOC1. The summed E-state index contributed by atoms with van der Waals surface area (Å²) in [7, 11) is 0. The van der Waals surface area contributed by atoms with E-state index in [1.165, 1.54) is 0 Å². The van der Waals surface area contributed by atoms with E-state index in [2.05, 4.69) is 5.32 Å². The Balaban J connectivity index is 2.02. The number of hydrogen-bond acceptors (Lipinski definition) is 3. The molecule has 2 amide bonds. The second-order valence-electron chi connectivity index (χ2n) is 4.58. The second kappa shape index (κ2) is 5.35. The first-order valence-corrected chi connectivity index (χ1v) is 6.04. The van der Waals surface area contributed by atoms with Crippen LogP contribution in [0.3, 0.4) is 0 Å². The lowest BCUT2D eigenvalue weighted by molar-refractivity contribution is -0.133. The third-order valence-electron chi connectivity index (χ3n) is 3.40. The molecule has 0 aromatic carbocycles. The quantitative estimate of drug-likeness (QED) is 0.745. The van der Waals surface area contributed by atoms with Gasteiger partial charge in [-0.25, -0.2) is 4.79 Å². The smallest absolute Gasteiger partial charge is 0.405 e. The van der Waals surface area contributed by atoms with Crippen LogP contribution in [-0.2, 0) is 9.53 Å². The largest absolute Gasteiger partial charge is 0.465 e. The van der Waals surface area contributed by atoms with E-state index in [0.717, 1.165) is 32.4 Å². The van der Waals surface area contributed by atoms with Crippen molar-refractivity contribution in [3.8, 4) is 0 Å². The van der Waals surface area contributed by atoms with Crippen LogP contribution < -0.4 is 5.32 Å². The highest BCUT2D eigenvalue weighted by Crippen LogP contribution is 2.20. The maximum absolute atomic E-state index is 12.2. The average molecular weight is 242 g/mol. The lowest BCUT2D eigenvalue weighted by Crippen LogP contribution is -2.51. The van der Waals surface area contributed by atoms with E-state index in [1.54, 1.807) is 4.90 Å². The Labute approximate surface area is 99.9 Å². The van der Waals surface area contributed by atoms with Gasteiger partial charge in [0.2, 0.25) is 5.91 Å². The van der Waals surface area contributed by atoms with Crippen LogP contribution in [0.2, 0.25) is 0 Å². The molecule has 0 bridgehead atoms. The number of hydrogen-bond donors (Lipinski definition) is 2. The molecule has 0 saturated carbocycles. The summed E-state index contributed by atoms with van der Waals surface area (Å²) in [4.78, 5) is 24.7. The maximum Gasteiger partial charge on any atom is 0.405 e. The molecule has 1 unspecified atom stereocenters. The fourth-order valence-corrected chi connectivity index (χ4v) is 2.46. The predicted octanol–water partition coefficient (Wildman–Crippen LogP) is 0.281. The van der Waals surface area contributed by atoms with Crippen molar-refractivity contribution in [3.63, 3.8) is 0 Å². The van der Waals surface area contributed by atoms with Crippen LogP contribution in [0.5, 0.6) is 0 Å². The van der Waals surface area contributed by atoms with Gasteiger partial charge in [0.15, 0.2) is 0 Å². The van der Waals surface area contributed by atoms with Crippen molar-refractivity contribution in [2.45, 2.75) is 25.3 Å². The van der Waals surface area contributed by atoms with Gasteiger partial charge in [0, 0.05) is 25.6 Å². The zero-order chi connectivity index (χ0) is 12.3. The van der Waals surface area contributed by atoms with Crippen LogP contribution in [0.4, 0.5) is 4.79 Å². The number of rotatable bonds is 3. The summed E-state index contributed by atoms with van der Waals surface area (Å²) in [6.45, 7) is 2.55. The van der Waals surface area contributed by atoms with Gasteiger partial charge in [0.05, 0.1) is 6.61 Å². The van der Waals surface area contributed by atoms with E-state index < -0.39 is 12.1 Å². The number of ether oxygens (including phenoxy) is 1. The van der Waals surface area contributed by atoms with E-state index >= 15 is 0 Å². The first kappa shape index (κ1) is 12.2. The Hall–Kier alpha value is -1.30. The normalized spacial score (nSPS) is 25.9. The van der Waals surface area contributed by atoms with Crippen LogP contribution in [0.1, 0.15) is 19.3 Å². The molecule has 2 aliphatic rings. The highest BCUT2D eigenvalue weighted by molar-refractivity contribution is 5.85. The van der Waals surface area contributed by atoms with Gasteiger partial charge in [0.1, 0.15) is 6.04 Å². The van der Waals surface area contributed by atoms with Crippen molar-refractivity contribution in [2.24, 2.45) is 5.92 Å². The summed E-state index contributed by atoms with van der Waals surface area (Å²) in [5.41, 5.74) is 0. The third-order valence-corrected chi connectivity index (χ3v) is 3.40. The summed E-state index contributed by atoms with van der Waals surface area (Å²) in [6, 6.07) is -0.645. The van der Waals surface area contributed by atoms with Crippen molar-refractivity contribution >= 4 is 12.0 Å². The Morgan fingerprint density at radius 2 is 2.06 bits per heavy atom. The number of nitrogens with zero attached hydrogens (tertiary/aromatic N) is 1. The summed E-state index contributed by atoms with van der Waals surface area (Å²) in [5.74, 6) is -0.125. The summed E-state index contributed by atoms with van der Waals surface area (Å²) in [6.07, 6.45) is 1.61. The minimum atomic E-state index is -1.14. The zero-order valence-electron chi connectivity index (χ0n) is 9.72. The van der Waals surface area contributed by atoms with E-state index in [0.29, 0.717) is 13.2 Å². The van der Waals surface area contributed by atoms with E-state index in [1.807, 2.05) is 0 Å². The monoisotopic (exact) mass is 242 g/mol. The Bertz CT molecular complexity index is 296. The summed E-state index contributed by atoms with van der Waals surface area (Å²) < 4.78 is 5.23. The molecule has 0 aromatic heterocycles. The lowest BCUT2D eigenvalue weighted by Gasteiger charge is -2.26. The molecule has 2 aliphatic heterocycles. The topological polar surface area (TPSA) is 78.9 Å². The molecular formula is C11H18N2O4. The zero-order valence-corrected chi connectivity index (χ0v) is 9.72. The standard InChI is InChI=1S/C11H18N2O4/c14-10(13-4-1-2-5-13)9(12-11(15)16)8-3-6-17-7-8/h8-9,12H,1-7H2,(H,15,16)/t8?,9-/m0/s1. The second-order valence-corrected chi connectivity index (χ2v) is 4.58. The first-order chi connectivity index (χ1) is 8.18.